The predicted molar refractivity (Wildman–Crippen MR) is 105 cm³/mol. The minimum Gasteiger partial charge on any atom is -0.481 e. The van der Waals surface area contributed by atoms with Crippen LogP contribution in [0.3, 0.4) is 0 Å². The zero-order chi connectivity index (χ0) is 22.0. The Morgan fingerprint density at radius 3 is 2.52 bits per heavy atom. The molecule has 0 saturated heterocycles. The van der Waals surface area contributed by atoms with Gasteiger partial charge in [0.05, 0.1) is 11.1 Å². The normalized spacial score (nSPS) is 17.8. The highest BCUT2D eigenvalue weighted by Crippen LogP contribution is 2.31. The summed E-state index contributed by atoms with van der Waals surface area (Å²) in [5.74, 6) is -3.07. The number of nitrogens with one attached hydrogen (secondary N) is 1. The van der Waals surface area contributed by atoms with E-state index >= 15 is 0 Å². The molecule has 1 unspecified atom stereocenters. The zero-order valence-corrected chi connectivity index (χ0v) is 16.3. The summed E-state index contributed by atoms with van der Waals surface area (Å²) in [6.45, 7) is 1.52. The molecule has 0 radical (unpaired) electrons. The van der Waals surface area contributed by atoms with Gasteiger partial charge in [0.25, 0.3) is 0 Å². The lowest BCUT2D eigenvalue weighted by molar-refractivity contribution is -0.145. The van der Waals surface area contributed by atoms with Crippen molar-refractivity contribution in [3.63, 3.8) is 0 Å². The number of halogens is 1. The van der Waals surface area contributed by atoms with Crippen molar-refractivity contribution in [2.45, 2.75) is 19.9 Å². The van der Waals surface area contributed by atoms with E-state index in [1.54, 1.807) is 18.2 Å². The molecule has 156 valence electrons. The van der Waals surface area contributed by atoms with Crippen LogP contribution in [-0.4, -0.2) is 39.8 Å². The minimum atomic E-state index is -1.08. The maximum atomic E-state index is 10.8. The number of carboxylic acid groups (broad SMARTS) is 3. The van der Waals surface area contributed by atoms with Crippen LogP contribution < -0.4 is 11.2 Å². The van der Waals surface area contributed by atoms with Crippen molar-refractivity contribution in [3.05, 3.63) is 52.6 Å². The maximum absolute atomic E-state index is 10.8. The number of hydrogen-bond donors (Lipinski definition) is 5. The van der Waals surface area contributed by atoms with Gasteiger partial charge in [0.1, 0.15) is 6.54 Å². The second kappa shape index (κ2) is 10.9. The van der Waals surface area contributed by atoms with Crippen molar-refractivity contribution in [2.75, 3.05) is 6.54 Å². The smallest absolute Gasteiger partial charge is 0.331 e. The number of nitrogens with two attached hydrogens (primary N) is 1. The van der Waals surface area contributed by atoms with Crippen LogP contribution in [0.2, 0.25) is 5.02 Å². The molecule has 0 aromatic heterocycles. The Labute approximate surface area is 171 Å². The molecule has 0 saturated carbocycles. The molecule has 1 atom stereocenters. The first-order valence-electron chi connectivity index (χ1n) is 8.28. The van der Waals surface area contributed by atoms with Gasteiger partial charge in [0.15, 0.2) is 0 Å². The average Bonchev–Trinajstić information content (AvgIpc) is 2.65. The van der Waals surface area contributed by atoms with E-state index in [1.807, 2.05) is 0 Å². The fraction of sp³-hybridized carbons (Fsp3) is 0.278. The molecule has 1 aromatic carbocycles. The van der Waals surface area contributed by atoms with Crippen LogP contribution in [-0.2, 0) is 20.9 Å². The second-order valence-corrected chi connectivity index (χ2v) is 6.60. The Morgan fingerprint density at radius 1 is 1.28 bits per heavy atom. The quantitative estimate of drug-likeness (QED) is 0.327. The molecule has 10 nitrogen and oxygen atoms in total. The van der Waals surface area contributed by atoms with E-state index in [0.29, 0.717) is 17.3 Å². The lowest BCUT2D eigenvalue weighted by atomic mass is 9.80. The Morgan fingerprint density at radius 2 is 1.97 bits per heavy atom. The highest BCUT2D eigenvalue weighted by atomic mass is 35.5. The largest absolute Gasteiger partial charge is 0.481 e. The summed E-state index contributed by atoms with van der Waals surface area (Å²) in [6.07, 6.45) is 4.43. The van der Waals surface area contributed by atoms with Gasteiger partial charge in [-0.3, -0.25) is 15.0 Å². The van der Waals surface area contributed by atoms with Crippen LogP contribution in [0, 0.1) is 5.41 Å². The first kappa shape index (κ1) is 23.8. The lowest BCUT2D eigenvalue weighted by Gasteiger charge is -2.23. The van der Waals surface area contributed by atoms with Gasteiger partial charge in [-0.2, -0.15) is 0 Å². The van der Waals surface area contributed by atoms with Gasteiger partial charge < -0.3 is 21.1 Å². The molecule has 1 aromatic rings. The summed E-state index contributed by atoms with van der Waals surface area (Å²) in [5.41, 5.74) is 8.13. The van der Waals surface area contributed by atoms with Gasteiger partial charge in [-0.15, -0.1) is 5.11 Å². The van der Waals surface area contributed by atoms with E-state index in [2.05, 4.69) is 15.8 Å². The van der Waals surface area contributed by atoms with Crippen LogP contribution in [0.5, 0.6) is 0 Å². The van der Waals surface area contributed by atoms with Crippen LogP contribution in [0.25, 0.3) is 0 Å². The first-order valence-corrected chi connectivity index (χ1v) is 8.66. The van der Waals surface area contributed by atoms with Gasteiger partial charge in [-0.1, -0.05) is 41.1 Å². The Kier molecular flexibility index (Phi) is 8.97. The van der Waals surface area contributed by atoms with E-state index in [9.17, 15) is 14.4 Å². The fourth-order valence-electron chi connectivity index (χ4n) is 2.18. The Hall–Kier alpha value is -3.24. The van der Waals surface area contributed by atoms with Gasteiger partial charge in [-0.05, 0) is 31.0 Å². The number of allylic oxidation sites excluding steroid dienone is 2. The molecule has 11 heteroatoms. The molecule has 0 heterocycles. The molecular formula is C18H21ClN4O6. The van der Waals surface area contributed by atoms with Crippen molar-refractivity contribution in [3.8, 4) is 0 Å². The first-order chi connectivity index (χ1) is 13.6. The molecule has 0 fully saturated rings. The number of rotatable bonds is 7. The summed E-state index contributed by atoms with van der Waals surface area (Å²) >= 11 is 5.78. The molecule has 0 bridgehead atoms. The van der Waals surface area contributed by atoms with Crippen molar-refractivity contribution in [1.29, 1.82) is 0 Å². The Bertz CT molecular complexity index is 868. The Balaban J connectivity index is 0.000000296. The van der Waals surface area contributed by atoms with Gasteiger partial charge in [-0.25, -0.2) is 4.79 Å². The van der Waals surface area contributed by atoms with E-state index in [-0.39, 0.29) is 18.5 Å². The molecule has 2 rings (SSSR count). The summed E-state index contributed by atoms with van der Waals surface area (Å²) in [5, 5.41) is 33.7. The zero-order valence-electron chi connectivity index (χ0n) is 15.5. The monoisotopic (exact) mass is 424 g/mol. The second-order valence-electron chi connectivity index (χ2n) is 6.16. The standard InChI is InChI=1S/C9H11ClN4O2.C9H10O4/c10-7-2-1-6(4-11)8(3-7)13-14-12-5-9(15)16;1-9(8(12)13)4-2-3-6(5-9)7(10)11/h1-3H,4-5,11H2,(H,12,13)(H,15,16);2-4H,5H2,1H3,(H,10,11)(H,12,13). The van der Waals surface area contributed by atoms with Crippen LogP contribution in [0.1, 0.15) is 18.9 Å². The molecule has 0 spiro atoms. The molecular weight excluding hydrogens is 404 g/mol. The number of carbonyl (C=O) groups is 3. The predicted octanol–water partition coefficient (Wildman–Crippen LogP) is 2.52. The summed E-state index contributed by atoms with van der Waals surface area (Å²) < 4.78 is 0. The van der Waals surface area contributed by atoms with E-state index in [1.165, 1.54) is 25.2 Å². The number of carboxylic acids is 3. The van der Waals surface area contributed by atoms with E-state index in [0.717, 1.165) is 5.56 Å². The third-order valence-electron chi connectivity index (χ3n) is 3.81. The third-order valence-corrected chi connectivity index (χ3v) is 4.04. The molecule has 1 aliphatic carbocycles. The highest BCUT2D eigenvalue weighted by molar-refractivity contribution is 6.30. The topological polar surface area (TPSA) is 175 Å². The molecule has 0 aliphatic heterocycles. The molecule has 29 heavy (non-hydrogen) atoms. The SMILES string of the molecule is CC1(C(=O)O)C=CC=C(C(=O)O)C1.NCc1ccc(Cl)cc1N=NNCC(=O)O. The molecule has 6 N–H and O–H groups in total. The number of nitrogens with zero attached hydrogens (tertiary/aromatic N) is 2. The van der Waals surface area contributed by atoms with Crippen LogP contribution in [0.4, 0.5) is 5.69 Å². The summed E-state index contributed by atoms with van der Waals surface area (Å²) in [4.78, 5) is 31.5. The van der Waals surface area contributed by atoms with E-state index in [4.69, 9.17) is 32.7 Å². The molecule has 1 aliphatic rings. The van der Waals surface area contributed by atoms with Gasteiger partial charge in [0, 0.05) is 17.1 Å². The van der Waals surface area contributed by atoms with Crippen molar-refractivity contribution in [1.82, 2.24) is 5.43 Å². The fourth-order valence-corrected chi connectivity index (χ4v) is 2.35. The number of benzene rings is 1. The van der Waals surface area contributed by atoms with Crippen molar-refractivity contribution in [2.24, 2.45) is 21.5 Å². The highest BCUT2D eigenvalue weighted by Gasteiger charge is 2.34. The van der Waals surface area contributed by atoms with Crippen LogP contribution >= 0.6 is 11.6 Å². The van der Waals surface area contributed by atoms with Crippen LogP contribution in [0.15, 0.2) is 52.3 Å². The van der Waals surface area contributed by atoms with Gasteiger partial charge in [0.2, 0.25) is 0 Å². The maximum Gasteiger partial charge on any atom is 0.331 e. The van der Waals surface area contributed by atoms with Crippen molar-refractivity contribution < 1.29 is 29.7 Å². The molecule has 0 amide bonds. The summed E-state index contributed by atoms with van der Waals surface area (Å²) in [6, 6.07) is 5.05. The average molecular weight is 425 g/mol. The van der Waals surface area contributed by atoms with Crippen molar-refractivity contribution >= 4 is 35.2 Å². The van der Waals surface area contributed by atoms with E-state index < -0.39 is 23.3 Å². The number of aliphatic carboxylic acids is 3. The third kappa shape index (κ3) is 7.72. The lowest BCUT2D eigenvalue weighted by Crippen LogP contribution is -2.28. The minimum absolute atomic E-state index is 0.0359. The number of hydrogen-bond acceptors (Lipinski definition) is 6. The summed E-state index contributed by atoms with van der Waals surface area (Å²) in [7, 11) is 0. The van der Waals surface area contributed by atoms with Gasteiger partial charge >= 0.3 is 17.9 Å².